The number of sulfonamides is 1. The summed E-state index contributed by atoms with van der Waals surface area (Å²) in [5.41, 5.74) is 1.71. The molecule has 1 aliphatic heterocycles. The van der Waals surface area contributed by atoms with Crippen molar-refractivity contribution in [3.8, 4) is 0 Å². The number of nitrogens with zero attached hydrogens (tertiary/aromatic N) is 2. The third-order valence-corrected chi connectivity index (χ3v) is 6.91. The Kier molecular flexibility index (Phi) is 4.82. The molecule has 3 aromatic rings. The van der Waals surface area contributed by atoms with Crippen molar-refractivity contribution in [2.24, 2.45) is 10.9 Å². The quantitative estimate of drug-likeness (QED) is 0.569. The Bertz CT molecular complexity index is 1290. The maximum Gasteiger partial charge on any atom is 0.264 e. The number of carbonyl (C=O) groups is 1. The van der Waals surface area contributed by atoms with E-state index in [1.807, 2.05) is 24.3 Å². The lowest BCUT2D eigenvalue weighted by Crippen LogP contribution is -2.38. The van der Waals surface area contributed by atoms with E-state index in [4.69, 9.17) is 0 Å². The monoisotopic (exact) mass is 435 g/mol. The SMILES string of the molecule is O=C(Nc1ccc2cnccc2c1)C1CC1c1ccc(S(=O)(=O)NC2=NCCN2)cc1. The topological polar surface area (TPSA) is 113 Å². The summed E-state index contributed by atoms with van der Waals surface area (Å²) in [6.07, 6.45) is 4.26. The number of nitrogens with one attached hydrogen (secondary N) is 3. The summed E-state index contributed by atoms with van der Waals surface area (Å²) in [4.78, 5) is 21.0. The van der Waals surface area contributed by atoms with E-state index < -0.39 is 10.0 Å². The molecular formula is C22H21N5O3S. The van der Waals surface area contributed by atoms with Crippen molar-refractivity contribution < 1.29 is 13.2 Å². The van der Waals surface area contributed by atoms with Gasteiger partial charge in [0, 0.05) is 35.9 Å². The van der Waals surface area contributed by atoms with E-state index in [0.29, 0.717) is 13.1 Å². The third kappa shape index (κ3) is 4.09. The number of rotatable bonds is 5. The van der Waals surface area contributed by atoms with E-state index in [1.54, 1.807) is 36.7 Å². The molecule has 0 radical (unpaired) electrons. The second kappa shape index (κ2) is 7.66. The van der Waals surface area contributed by atoms with Gasteiger partial charge in [0.15, 0.2) is 0 Å². The number of carbonyl (C=O) groups excluding carboxylic acids is 1. The van der Waals surface area contributed by atoms with Gasteiger partial charge in [-0.15, -0.1) is 0 Å². The second-order valence-corrected chi connectivity index (χ2v) is 9.39. The smallest absolute Gasteiger partial charge is 0.264 e. The van der Waals surface area contributed by atoms with Crippen molar-refractivity contribution in [2.75, 3.05) is 18.4 Å². The molecule has 5 rings (SSSR count). The van der Waals surface area contributed by atoms with Crippen LogP contribution in [-0.4, -0.2) is 38.4 Å². The average Bonchev–Trinajstić information content (AvgIpc) is 3.43. The maximum absolute atomic E-state index is 12.7. The van der Waals surface area contributed by atoms with Gasteiger partial charge >= 0.3 is 0 Å². The van der Waals surface area contributed by atoms with E-state index in [-0.39, 0.29) is 28.6 Å². The van der Waals surface area contributed by atoms with Gasteiger partial charge in [0.25, 0.3) is 10.0 Å². The molecule has 8 nitrogen and oxygen atoms in total. The van der Waals surface area contributed by atoms with Gasteiger partial charge < -0.3 is 10.6 Å². The number of fused-ring (bicyclic) bond motifs is 1. The van der Waals surface area contributed by atoms with Gasteiger partial charge in [-0.2, -0.15) is 0 Å². The third-order valence-electron chi connectivity index (χ3n) is 5.56. The summed E-state index contributed by atoms with van der Waals surface area (Å²) in [5, 5.41) is 7.91. The average molecular weight is 436 g/mol. The van der Waals surface area contributed by atoms with Gasteiger partial charge in [0.1, 0.15) is 0 Å². The van der Waals surface area contributed by atoms with Gasteiger partial charge in [-0.1, -0.05) is 18.2 Å². The normalized spacial score (nSPS) is 20.1. The van der Waals surface area contributed by atoms with Crippen molar-refractivity contribution in [1.82, 2.24) is 15.0 Å². The molecule has 1 saturated carbocycles. The fraction of sp³-hybridized carbons (Fsp3) is 0.227. The van der Waals surface area contributed by atoms with Crippen molar-refractivity contribution >= 4 is 38.3 Å². The Balaban J connectivity index is 1.23. The zero-order chi connectivity index (χ0) is 21.4. The molecule has 0 spiro atoms. The summed E-state index contributed by atoms with van der Waals surface area (Å²) < 4.78 is 27.4. The summed E-state index contributed by atoms with van der Waals surface area (Å²) in [6.45, 7) is 1.18. The van der Waals surface area contributed by atoms with Crippen LogP contribution in [0.3, 0.4) is 0 Å². The first-order valence-corrected chi connectivity index (χ1v) is 11.5. The molecule has 1 amide bonds. The van der Waals surface area contributed by atoms with Crippen molar-refractivity contribution in [1.29, 1.82) is 0 Å². The molecule has 1 aliphatic carbocycles. The molecule has 9 heteroatoms. The lowest BCUT2D eigenvalue weighted by atomic mass is 10.1. The van der Waals surface area contributed by atoms with Gasteiger partial charge in [-0.3, -0.25) is 14.8 Å². The Morgan fingerprint density at radius 2 is 1.90 bits per heavy atom. The Morgan fingerprint density at radius 3 is 2.68 bits per heavy atom. The number of amides is 1. The molecular weight excluding hydrogens is 414 g/mol. The largest absolute Gasteiger partial charge is 0.354 e. The minimum atomic E-state index is -3.68. The van der Waals surface area contributed by atoms with Crippen LogP contribution in [0.2, 0.25) is 0 Å². The van der Waals surface area contributed by atoms with Gasteiger partial charge in [0.2, 0.25) is 11.9 Å². The first kappa shape index (κ1) is 19.5. The Hall–Kier alpha value is -3.46. The predicted molar refractivity (Wildman–Crippen MR) is 118 cm³/mol. The Labute approximate surface area is 179 Å². The van der Waals surface area contributed by atoms with Crippen LogP contribution in [0.15, 0.2) is 70.8 Å². The highest BCUT2D eigenvalue weighted by Gasteiger charge is 2.44. The number of benzene rings is 2. The number of anilines is 1. The number of hydrogen-bond acceptors (Lipinski definition) is 6. The molecule has 3 N–H and O–H groups in total. The van der Waals surface area contributed by atoms with Crippen molar-refractivity contribution in [2.45, 2.75) is 17.2 Å². The number of guanidine groups is 1. The Morgan fingerprint density at radius 1 is 1.06 bits per heavy atom. The highest BCUT2D eigenvalue weighted by atomic mass is 32.2. The molecule has 31 heavy (non-hydrogen) atoms. The summed E-state index contributed by atoms with van der Waals surface area (Å²) in [5.74, 6) is 0.219. The maximum atomic E-state index is 12.7. The molecule has 2 aliphatic rings. The lowest BCUT2D eigenvalue weighted by Gasteiger charge is -2.09. The highest BCUT2D eigenvalue weighted by molar-refractivity contribution is 7.90. The fourth-order valence-electron chi connectivity index (χ4n) is 3.80. The van der Waals surface area contributed by atoms with Crippen LogP contribution in [0.25, 0.3) is 10.8 Å². The van der Waals surface area contributed by atoms with Crippen LogP contribution in [-0.2, 0) is 14.8 Å². The number of aliphatic imine (C=N–C) groups is 1. The van der Waals surface area contributed by atoms with Crippen LogP contribution in [0.4, 0.5) is 5.69 Å². The second-order valence-electron chi connectivity index (χ2n) is 7.71. The van der Waals surface area contributed by atoms with Gasteiger partial charge in [-0.25, -0.2) is 13.1 Å². The van der Waals surface area contributed by atoms with E-state index in [2.05, 4.69) is 25.3 Å². The zero-order valence-electron chi connectivity index (χ0n) is 16.6. The first-order valence-electron chi connectivity index (χ1n) is 10.1. The number of pyridine rings is 1. The fourth-order valence-corrected chi connectivity index (χ4v) is 4.80. The van der Waals surface area contributed by atoms with Crippen molar-refractivity contribution in [3.63, 3.8) is 0 Å². The highest BCUT2D eigenvalue weighted by Crippen LogP contribution is 2.48. The molecule has 0 saturated heterocycles. The summed E-state index contributed by atoms with van der Waals surface area (Å²) in [6, 6.07) is 14.3. The number of aromatic nitrogens is 1. The van der Waals surface area contributed by atoms with Crippen LogP contribution in [0, 0.1) is 5.92 Å². The van der Waals surface area contributed by atoms with Crippen LogP contribution < -0.4 is 15.4 Å². The molecule has 2 aromatic carbocycles. The van der Waals surface area contributed by atoms with Gasteiger partial charge in [0.05, 0.1) is 11.4 Å². The van der Waals surface area contributed by atoms with Crippen LogP contribution >= 0.6 is 0 Å². The lowest BCUT2D eigenvalue weighted by molar-refractivity contribution is -0.117. The standard InChI is InChI=1S/C22H21N5O3S/c28-21(26-17-4-1-16-13-23-8-7-15(16)11-17)20-12-19(20)14-2-5-18(6-3-14)31(29,30)27-22-24-9-10-25-22/h1-8,11,13,19-20H,9-10,12H2,(H,26,28)(H2,24,25,27). The molecule has 2 heterocycles. The summed E-state index contributed by atoms with van der Waals surface area (Å²) >= 11 is 0. The van der Waals surface area contributed by atoms with Crippen LogP contribution in [0.1, 0.15) is 17.9 Å². The van der Waals surface area contributed by atoms with Crippen LogP contribution in [0.5, 0.6) is 0 Å². The molecule has 0 bridgehead atoms. The van der Waals surface area contributed by atoms with E-state index >= 15 is 0 Å². The molecule has 2 unspecified atom stereocenters. The first-order chi connectivity index (χ1) is 15.0. The number of hydrogen-bond donors (Lipinski definition) is 3. The minimum Gasteiger partial charge on any atom is -0.354 e. The van der Waals surface area contributed by atoms with E-state index in [9.17, 15) is 13.2 Å². The van der Waals surface area contributed by atoms with Crippen molar-refractivity contribution in [3.05, 3.63) is 66.5 Å². The predicted octanol–water partition coefficient (Wildman–Crippen LogP) is 2.21. The molecule has 1 fully saturated rings. The minimum absolute atomic E-state index is 0.0258. The molecule has 1 aromatic heterocycles. The van der Waals surface area contributed by atoms with Gasteiger partial charge in [-0.05, 0) is 53.6 Å². The molecule has 2 atom stereocenters. The molecule has 158 valence electrons. The summed E-state index contributed by atoms with van der Waals surface area (Å²) in [7, 11) is -3.68. The zero-order valence-corrected chi connectivity index (χ0v) is 17.4. The van der Waals surface area contributed by atoms with E-state index in [0.717, 1.165) is 28.4 Å². The van der Waals surface area contributed by atoms with E-state index in [1.165, 1.54) is 0 Å².